The zero-order chi connectivity index (χ0) is 13.2. The van der Waals surface area contributed by atoms with Gasteiger partial charge < -0.3 is 10.5 Å². The van der Waals surface area contributed by atoms with E-state index in [-0.39, 0.29) is 18.4 Å². The van der Waals surface area contributed by atoms with Crippen molar-refractivity contribution in [3.63, 3.8) is 0 Å². The maximum Gasteiger partial charge on any atom is 0.217 e. The van der Waals surface area contributed by atoms with Crippen LogP contribution in [0.15, 0.2) is 24.3 Å². The molecule has 1 aromatic rings. The fourth-order valence-corrected chi connectivity index (χ4v) is 2.93. The molecule has 0 unspecified atom stereocenters. The number of sulfonamides is 1. The van der Waals surface area contributed by atoms with Crippen molar-refractivity contribution in [1.29, 1.82) is 0 Å². The molecule has 0 aromatic heterocycles. The molecule has 1 aliphatic carbocycles. The Balaban J connectivity index is 1.87. The van der Waals surface area contributed by atoms with E-state index >= 15 is 0 Å². The molecule has 1 fully saturated rings. The molecule has 100 valence electrons. The lowest BCUT2D eigenvalue weighted by Crippen LogP contribution is -2.33. The highest BCUT2D eigenvalue weighted by Crippen LogP contribution is 2.27. The molecule has 1 aliphatic rings. The molecule has 1 saturated carbocycles. The van der Waals surface area contributed by atoms with Crippen LogP contribution in [0.4, 0.5) is 5.69 Å². The van der Waals surface area contributed by atoms with Crippen LogP contribution in [0, 0.1) is 0 Å². The maximum absolute atomic E-state index is 11.9. The fraction of sp³-hybridized carbons (Fsp3) is 0.500. The molecule has 1 aromatic carbocycles. The van der Waals surface area contributed by atoms with E-state index in [0.29, 0.717) is 11.4 Å². The monoisotopic (exact) mass is 270 g/mol. The van der Waals surface area contributed by atoms with Gasteiger partial charge in [-0.15, -0.1) is 0 Å². The van der Waals surface area contributed by atoms with Crippen LogP contribution in [0.25, 0.3) is 0 Å². The minimum absolute atomic E-state index is 0.0195. The van der Waals surface area contributed by atoms with Crippen molar-refractivity contribution in [2.75, 3.05) is 25.1 Å². The Labute approximate surface area is 108 Å². The van der Waals surface area contributed by atoms with Gasteiger partial charge >= 0.3 is 0 Å². The third kappa shape index (κ3) is 3.14. The standard InChI is InChI=1S/C12H18N2O3S/c1-14(10-6-7-10)18(15,16)9-8-17-12-5-3-2-4-11(12)13/h2-5,10H,6-9,13H2,1H3. The first kappa shape index (κ1) is 13.2. The van der Waals surface area contributed by atoms with E-state index in [2.05, 4.69) is 0 Å². The molecule has 0 heterocycles. The summed E-state index contributed by atoms with van der Waals surface area (Å²) in [5.74, 6) is 0.510. The Hall–Kier alpha value is -1.27. The third-order valence-electron chi connectivity index (χ3n) is 3.02. The Bertz CT molecular complexity index is 512. The number of hydrogen-bond donors (Lipinski definition) is 1. The summed E-state index contributed by atoms with van der Waals surface area (Å²) in [6.07, 6.45) is 1.92. The van der Waals surface area contributed by atoms with Crippen molar-refractivity contribution in [3.8, 4) is 5.75 Å². The number of anilines is 1. The summed E-state index contributed by atoms with van der Waals surface area (Å²) in [5, 5.41) is 0. The average Bonchev–Trinajstić information content (AvgIpc) is 3.14. The van der Waals surface area contributed by atoms with Gasteiger partial charge in [0.25, 0.3) is 0 Å². The van der Waals surface area contributed by atoms with Crippen LogP contribution in [0.2, 0.25) is 0 Å². The lowest BCUT2D eigenvalue weighted by atomic mass is 10.3. The highest BCUT2D eigenvalue weighted by Gasteiger charge is 2.33. The van der Waals surface area contributed by atoms with Gasteiger partial charge in [-0.05, 0) is 25.0 Å². The molecule has 0 radical (unpaired) electrons. The van der Waals surface area contributed by atoms with Gasteiger partial charge in [0.2, 0.25) is 10.0 Å². The van der Waals surface area contributed by atoms with Gasteiger partial charge in [-0.3, -0.25) is 0 Å². The normalized spacial score (nSPS) is 15.9. The van der Waals surface area contributed by atoms with Crippen molar-refractivity contribution in [2.45, 2.75) is 18.9 Å². The van der Waals surface area contributed by atoms with Gasteiger partial charge in [0.05, 0.1) is 11.4 Å². The predicted octanol–water partition coefficient (Wildman–Crippen LogP) is 1.07. The van der Waals surface area contributed by atoms with E-state index in [1.807, 2.05) is 0 Å². The second-order valence-corrected chi connectivity index (χ2v) is 6.60. The number of nitrogens with zero attached hydrogens (tertiary/aromatic N) is 1. The first-order valence-electron chi connectivity index (χ1n) is 5.94. The van der Waals surface area contributed by atoms with Crippen LogP contribution >= 0.6 is 0 Å². The molecule has 0 atom stereocenters. The lowest BCUT2D eigenvalue weighted by Gasteiger charge is -2.16. The smallest absolute Gasteiger partial charge is 0.217 e. The fourth-order valence-electron chi connectivity index (χ4n) is 1.68. The molecular formula is C12H18N2O3S. The summed E-state index contributed by atoms with van der Waals surface area (Å²) in [4.78, 5) is 0. The van der Waals surface area contributed by atoms with Crippen LogP contribution in [-0.4, -0.2) is 38.2 Å². The van der Waals surface area contributed by atoms with Gasteiger partial charge in [0.1, 0.15) is 12.4 Å². The number of rotatable bonds is 6. The van der Waals surface area contributed by atoms with E-state index < -0.39 is 10.0 Å². The van der Waals surface area contributed by atoms with E-state index in [4.69, 9.17) is 10.5 Å². The van der Waals surface area contributed by atoms with Gasteiger partial charge in [-0.2, -0.15) is 0 Å². The van der Waals surface area contributed by atoms with Crippen LogP contribution < -0.4 is 10.5 Å². The van der Waals surface area contributed by atoms with Crippen LogP contribution in [0.3, 0.4) is 0 Å². The topological polar surface area (TPSA) is 72.6 Å². The molecule has 0 amide bonds. The molecule has 18 heavy (non-hydrogen) atoms. The van der Waals surface area contributed by atoms with Crippen molar-refractivity contribution in [3.05, 3.63) is 24.3 Å². The molecule has 0 saturated heterocycles. The largest absolute Gasteiger partial charge is 0.490 e. The summed E-state index contributed by atoms with van der Waals surface area (Å²) in [7, 11) is -1.58. The van der Waals surface area contributed by atoms with E-state index in [1.165, 1.54) is 4.31 Å². The van der Waals surface area contributed by atoms with Gasteiger partial charge in [0.15, 0.2) is 0 Å². The SMILES string of the molecule is CN(C1CC1)S(=O)(=O)CCOc1ccccc1N. The quantitative estimate of drug-likeness (QED) is 0.785. The van der Waals surface area contributed by atoms with Crippen molar-refractivity contribution in [2.24, 2.45) is 0 Å². The maximum atomic E-state index is 11.9. The Morgan fingerprint density at radius 1 is 1.39 bits per heavy atom. The summed E-state index contributed by atoms with van der Waals surface area (Å²) in [6, 6.07) is 7.25. The summed E-state index contributed by atoms with van der Waals surface area (Å²) in [6.45, 7) is 0.119. The molecule has 6 heteroatoms. The molecule has 0 spiro atoms. The first-order chi connectivity index (χ1) is 8.50. The number of para-hydroxylation sites is 2. The molecule has 5 nitrogen and oxygen atoms in total. The minimum Gasteiger partial charge on any atom is -0.490 e. The second-order valence-electron chi connectivity index (χ2n) is 4.45. The Kier molecular flexibility index (Phi) is 3.77. The second kappa shape index (κ2) is 5.16. The number of hydrogen-bond acceptors (Lipinski definition) is 4. The minimum atomic E-state index is -3.21. The van der Waals surface area contributed by atoms with Crippen molar-refractivity contribution in [1.82, 2.24) is 4.31 Å². The third-order valence-corrected chi connectivity index (χ3v) is 4.88. The van der Waals surface area contributed by atoms with Gasteiger partial charge in [-0.1, -0.05) is 12.1 Å². The van der Waals surface area contributed by atoms with E-state index in [0.717, 1.165) is 12.8 Å². The highest BCUT2D eigenvalue weighted by molar-refractivity contribution is 7.89. The van der Waals surface area contributed by atoms with Crippen LogP contribution in [0.5, 0.6) is 5.75 Å². The Morgan fingerprint density at radius 2 is 2.06 bits per heavy atom. The molecule has 2 rings (SSSR count). The van der Waals surface area contributed by atoms with Gasteiger partial charge in [-0.25, -0.2) is 12.7 Å². The Morgan fingerprint density at radius 3 is 2.67 bits per heavy atom. The van der Waals surface area contributed by atoms with Crippen molar-refractivity contribution >= 4 is 15.7 Å². The highest BCUT2D eigenvalue weighted by atomic mass is 32.2. The average molecular weight is 270 g/mol. The van der Waals surface area contributed by atoms with E-state index in [9.17, 15) is 8.42 Å². The zero-order valence-corrected chi connectivity index (χ0v) is 11.2. The van der Waals surface area contributed by atoms with Crippen molar-refractivity contribution < 1.29 is 13.2 Å². The summed E-state index contributed by atoms with van der Waals surface area (Å²) in [5.41, 5.74) is 6.22. The number of ether oxygens (including phenoxy) is 1. The predicted molar refractivity (Wildman–Crippen MR) is 70.9 cm³/mol. The van der Waals surface area contributed by atoms with Crippen LogP contribution in [0.1, 0.15) is 12.8 Å². The van der Waals surface area contributed by atoms with Crippen LogP contribution in [-0.2, 0) is 10.0 Å². The van der Waals surface area contributed by atoms with E-state index in [1.54, 1.807) is 31.3 Å². The first-order valence-corrected chi connectivity index (χ1v) is 7.54. The molecular weight excluding hydrogens is 252 g/mol. The summed E-state index contributed by atoms with van der Waals surface area (Å²) >= 11 is 0. The molecule has 0 bridgehead atoms. The number of nitrogen functional groups attached to an aromatic ring is 1. The number of nitrogens with two attached hydrogens (primary N) is 1. The lowest BCUT2D eigenvalue weighted by molar-refractivity contribution is 0.338. The molecule has 2 N–H and O–H groups in total. The summed E-state index contributed by atoms with van der Waals surface area (Å²) < 4.78 is 30.6. The number of benzene rings is 1. The molecule has 0 aliphatic heterocycles. The van der Waals surface area contributed by atoms with Gasteiger partial charge in [0, 0.05) is 13.1 Å². The zero-order valence-electron chi connectivity index (χ0n) is 10.4.